The minimum absolute atomic E-state index is 0.0211. The minimum atomic E-state index is -2.58. The standard InChI is InChI=1S/C34H45IO3Si/c1-27(20-21-36-26-28-14-8-5-9-15-28)22-29-23-30(24-31(25-35)37-29)38-39(34(2,3)4,32-16-10-6-11-17-32)33-18-12-7-13-19-33/h5-19,27,29-31H,20-26H2,1-4H3/t27-,29+,30-,31+/m1/s1. The molecule has 5 heteroatoms. The van der Waals surface area contributed by atoms with Crippen LogP contribution in [0, 0.1) is 5.92 Å². The molecule has 0 radical (unpaired) electrons. The summed E-state index contributed by atoms with van der Waals surface area (Å²) in [7, 11) is -2.58. The van der Waals surface area contributed by atoms with Crippen LogP contribution in [-0.2, 0) is 20.5 Å². The molecule has 3 aromatic rings. The van der Waals surface area contributed by atoms with Crippen LogP contribution in [0.5, 0.6) is 0 Å². The van der Waals surface area contributed by atoms with Crippen molar-refractivity contribution in [3.63, 3.8) is 0 Å². The fraction of sp³-hybridized carbons (Fsp3) is 0.471. The highest BCUT2D eigenvalue weighted by Crippen LogP contribution is 2.40. The summed E-state index contributed by atoms with van der Waals surface area (Å²) in [5, 5.41) is 2.68. The average Bonchev–Trinajstić information content (AvgIpc) is 2.95. The van der Waals surface area contributed by atoms with Crippen molar-refractivity contribution in [1.82, 2.24) is 0 Å². The molecule has 3 nitrogen and oxygen atoms in total. The normalized spacial score (nSPS) is 21.0. The second-order valence-corrected chi connectivity index (χ2v) is 17.2. The maximum absolute atomic E-state index is 7.54. The SMILES string of the molecule is C[C@H](CCOCc1ccccc1)C[C@H]1C[C@@H](O[Si](c2ccccc2)(c2ccccc2)C(C)(C)C)C[C@@H](CI)O1. The van der Waals surface area contributed by atoms with Crippen LogP contribution in [0.2, 0.25) is 5.04 Å². The quantitative estimate of drug-likeness (QED) is 0.0873. The maximum Gasteiger partial charge on any atom is 0.261 e. The third kappa shape index (κ3) is 8.04. The molecule has 0 spiro atoms. The van der Waals surface area contributed by atoms with E-state index in [1.807, 2.05) is 6.07 Å². The van der Waals surface area contributed by atoms with Gasteiger partial charge >= 0.3 is 0 Å². The first-order valence-electron chi connectivity index (χ1n) is 14.4. The van der Waals surface area contributed by atoms with E-state index in [9.17, 15) is 0 Å². The second-order valence-electron chi connectivity index (χ2n) is 12.1. The summed E-state index contributed by atoms with van der Waals surface area (Å²) in [6.45, 7) is 10.9. The van der Waals surface area contributed by atoms with Gasteiger partial charge in [-0.1, -0.05) is 141 Å². The number of hydrogen-bond acceptors (Lipinski definition) is 3. The van der Waals surface area contributed by atoms with Crippen molar-refractivity contribution in [2.75, 3.05) is 11.0 Å². The monoisotopic (exact) mass is 656 g/mol. The molecule has 1 heterocycles. The van der Waals surface area contributed by atoms with Crippen LogP contribution in [0.4, 0.5) is 0 Å². The van der Waals surface area contributed by atoms with Gasteiger partial charge in [0.05, 0.1) is 24.9 Å². The van der Waals surface area contributed by atoms with Crippen LogP contribution in [0.1, 0.15) is 58.9 Å². The molecule has 0 saturated carbocycles. The zero-order chi connectivity index (χ0) is 27.7. The van der Waals surface area contributed by atoms with Gasteiger partial charge < -0.3 is 13.9 Å². The summed E-state index contributed by atoms with van der Waals surface area (Å²) >= 11 is 2.48. The van der Waals surface area contributed by atoms with E-state index in [2.05, 4.69) is 135 Å². The molecule has 0 unspecified atom stereocenters. The van der Waals surface area contributed by atoms with Gasteiger partial charge in [-0.05, 0) is 52.6 Å². The Labute approximate surface area is 250 Å². The molecule has 0 N–H and O–H groups in total. The third-order valence-corrected chi connectivity index (χ3v) is 14.0. The fourth-order valence-electron chi connectivity index (χ4n) is 5.97. The highest BCUT2D eigenvalue weighted by atomic mass is 127. The van der Waals surface area contributed by atoms with Gasteiger partial charge in [-0.25, -0.2) is 0 Å². The number of rotatable bonds is 12. The predicted molar refractivity (Wildman–Crippen MR) is 174 cm³/mol. The molecule has 4 rings (SSSR count). The van der Waals surface area contributed by atoms with Crippen LogP contribution in [-0.4, -0.2) is 37.7 Å². The first-order chi connectivity index (χ1) is 18.8. The van der Waals surface area contributed by atoms with Gasteiger partial charge in [-0.2, -0.15) is 0 Å². The van der Waals surface area contributed by atoms with Gasteiger partial charge in [0.1, 0.15) is 0 Å². The van der Waals surface area contributed by atoms with E-state index >= 15 is 0 Å². The van der Waals surface area contributed by atoms with Crippen LogP contribution < -0.4 is 10.4 Å². The Balaban J connectivity index is 1.47. The smallest absolute Gasteiger partial charge is 0.261 e. The summed E-state index contributed by atoms with van der Waals surface area (Å²) in [4.78, 5) is 0. The largest absolute Gasteiger partial charge is 0.404 e. The Morgan fingerprint density at radius 3 is 1.92 bits per heavy atom. The topological polar surface area (TPSA) is 27.7 Å². The molecular formula is C34H45IO3Si. The zero-order valence-corrected chi connectivity index (χ0v) is 27.2. The number of alkyl halides is 1. The second kappa shape index (κ2) is 14.4. The molecule has 4 atom stereocenters. The molecule has 0 aliphatic carbocycles. The average molecular weight is 657 g/mol. The lowest BCUT2D eigenvalue weighted by Gasteiger charge is -2.47. The maximum atomic E-state index is 7.54. The van der Waals surface area contributed by atoms with Gasteiger partial charge in [0, 0.05) is 11.0 Å². The minimum Gasteiger partial charge on any atom is -0.404 e. The molecule has 1 saturated heterocycles. The Kier molecular flexibility index (Phi) is 11.2. The Hall–Kier alpha value is -1.51. The lowest BCUT2D eigenvalue weighted by Crippen LogP contribution is -2.68. The highest BCUT2D eigenvalue weighted by Gasteiger charge is 2.52. The van der Waals surface area contributed by atoms with E-state index in [-0.39, 0.29) is 23.4 Å². The molecule has 210 valence electrons. The van der Waals surface area contributed by atoms with E-state index in [0.717, 1.165) is 36.7 Å². The van der Waals surface area contributed by atoms with E-state index in [4.69, 9.17) is 13.9 Å². The van der Waals surface area contributed by atoms with Crippen molar-refractivity contribution in [2.24, 2.45) is 5.92 Å². The Morgan fingerprint density at radius 1 is 0.846 bits per heavy atom. The van der Waals surface area contributed by atoms with Crippen molar-refractivity contribution in [2.45, 2.75) is 83.3 Å². The molecule has 39 heavy (non-hydrogen) atoms. The van der Waals surface area contributed by atoms with E-state index < -0.39 is 8.32 Å². The molecule has 0 aromatic heterocycles. The number of halogens is 1. The molecule has 1 aliphatic heterocycles. The molecule has 3 aromatic carbocycles. The summed E-state index contributed by atoms with van der Waals surface area (Å²) in [6, 6.07) is 32.4. The van der Waals surface area contributed by atoms with E-state index in [1.54, 1.807) is 0 Å². The third-order valence-electron chi connectivity index (χ3n) is 7.90. The van der Waals surface area contributed by atoms with Gasteiger partial charge in [-0.3, -0.25) is 0 Å². The number of hydrogen-bond donors (Lipinski definition) is 0. The van der Waals surface area contributed by atoms with Gasteiger partial charge in [0.25, 0.3) is 8.32 Å². The molecule has 0 amide bonds. The molecule has 1 aliphatic rings. The van der Waals surface area contributed by atoms with Crippen molar-refractivity contribution in [1.29, 1.82) is 0 Å². The van der Waals surface area contributed by atoms with Gasteiger partial charge in [0.2, 0.25) is 0 Å². The number of benzene rings is 3. The number of ether oxygens (including phenoxy) is 2. The van der Waals surface area contributed by atoms with Gasteiger partial charge in [-0.15, -0.1) is 0 Å². The van der Waals surface area contributed by atoms with Crippen molar-refractivity contribution in [3.8, 4) is 0 Å². The molecule has 1 fully saturated rings. The summed E-state index contributed by atoms with van der Waals surface area (Å²) < 4.78 is 21.1. The lowest BCUT2D eigenvalue weighted by atomic mass is 9.93. The predicted octanol–water partition coefficient (Wildman–Crippen LogP) is 7.55. The lowest BCUT2D eigenvalue weighted by molar-refractivity contribution is -0.0879. The molecule has 0 bridgehead atoms. The van der Waals surface area contributed by atoms with E-state index in [0.29, 0.717) is 12.5 Å². The summed E-state index contributed by atoms with van der Waals surface area (Å²) in [5.41, 5.74) is 1.23. The fourth-order valence-corrected chi connectivity index (χ4v) is 11.2. The van der Waals surface area contributed by atoms with Crippen LogP contribution in [0.15, 0.2) is 91.0 Å². The Bertz CT molecular complexity index is 1060. The zero-order valence-electron chi connectivity index (χ0n) is 24.0. The van der Waals surface area contributed by atoms with Crippen LogP contribution >= 0.6 is 22.6 Å². The first kappa shape index (κ1) is 30.4. The summed E-state index contributed by atoms with van der Waals surface area (Å²) in [6.07, 6.45) is 4.62. The molecular weight excluding hydrogens is 611 g/mol. The highest BCUT2D eigenvalue weighted by molar-refractivity contribution is 14.1. The van der Waals surface area contributed by atoms with Crippen molar-refractivity contribution >= 4 is 41.3 Å². The van der Waals surface area contributed by atoms with E-state index in [1.165, 1.54) is 15.9 Å². The Morgan fingerprint density at radius 2 is 1.38 bits per heavy atom. The van der Waals surface area contributed by atoms with Gasteiger partial charge in [0.15, 0.2) is 0 Å². The first-order valence-corrected chi connectivity index (χ1v) is 17.9. The summed E-state index contributed by atoms with van der Waals surface area (Å²) in [5.74, 6) is 0.534. The van der Waals surface area contributed by atoms with Crippen LogP contribution in [0.25, 0.3) is 0 Å². The van der Waals surface area contributed by atoms with Crippen molar-refractivity contribution < 1.29 is 13.9 Å². The van der Waals surface area contributed by atoms with Crippen molar-refractivity contribution in [3.05, 3.63) is 96.6 Å². The van der Waals surface area contributed by atoms with Crippen LogP contribution in [0.3, 0.4) is 0 Å².